The normalized spacial score (nSPS) is 24.1. The van der Waals surface area contributed by atoms with E-state index in [1.54, 1.807) is 26.0 Å². The van der Waals surface area contributed by atoms with Crippen molar-refractivity contribution >= 4 is 17.7 Å². The van der Waals surface area contributed by atoms with Crippen molar-refractivity contribution in [2.75, 3.05) is 7.11 Å². The lowest BCUT2D eigenvalue weighted by molar-refractivity contribution is -0.148. The van der Waals surface area contributed by atoms with Gasteiger partial charge in [-0.3, -0.25) is 9.59 Å². The summed E-state index contributed by atoms with van der Waals surface area (Å²) < 4.78 is 4.74. The molecule has 6 nitrogen and oxygen atoms in total. The number of carbonyl (C=O) groups is 3. The summed E-state index contributed by atoms with van der Waals surface area (Å²) in [6, 6.07) is -0.292. The summed E-state index contributed by atoms with van der Waals surface area (Å²) in [5.41, 5.74) is 1.51. The fourth-order valence-electron chi connectivity index (χ4n) is 3.55. The highest BCUT2D eigenvalue weighted by molar-refractivity contribution is 6.06. The molecule has 1 heterocycles. The largest absolute Gasteiger partial charge is 0.467 e. The molecule has 0 aromatic rings. The summed E-state index contributed by atoms with van der Waals surface area (Å²) in [6.07, 6.45) is 11.9. The molecule has 2 N–H and O–H groups in total. The average molecular weight is 368 g/mol. The summed E-state index contributed by atoms with van der Waals surface area (Å²) in [5, 5.41) is 6.11. The van der Waals surface area contributed by atoms with Gasteiger partial charge in [0.2, 0.25) is 0 Å². The van der Waals surface area contributed by atoms with Crippen molar-refractivity contribution < 1.29 is 19.1 Å². The van der Waals surface area contributed by atoms with Gasteiger partial charge < -0.3 is 15.4 Å². The van der Waals surface area contributed by atoms with Crippen LogP contribution >= 0.6 is 0 Å². The fraction of sp³-hybridized carbons (Fsp3) is 0.381. The minimum atomic E-state index is -1.15. The number of amides is 1. The van der Waals surface area contributed by atoms with Crippen molar-refractivity contribution in [3.63, 3.8) is 0 Å². The zero-order valence-electron chi connectivity index (χ0n) is 16.0. The molecule has 0 aromatic heterocycles. The van der Waals surface area contributed by atoms with Crippen molar-refractivity contribution in [3.8, 4) is 0 Å². The van der Waals surface area contributed by atoms with E-state index < -0.39 is 11.5 Å². The molecular weight excluding hydrogens is 344 g/mol. The van der Waals surface area contributed by atoms with Crippen molar-refractivity contribution in [2.24, 2.45) is 5.92 Å². The van der Waals surface area contributed by atoms with Crippen molar-refractivity contribution in [3.05, 3.63) is 58.9 Å². The summed E-state index contributed by atoms with van der Waals surface area (Å²) in [7, 11) is 1.28. The first-order valence-corrected chi connectivity index (χ1v) is 8.94. The van der Waals surface area contributed by atoms with Gasteiger partial charge in [-0.05, 0) is 38.8 Å². The highest BCUT2D eigenvalue weighted by atomic mass is 16.5. The summed E-state index contributed by atoms with van der Waals surface area (Å²) in [4.78, 5) is 37.5. The molecule has 1 aliphatic heterocycles. The summed E-state index contributed by atoms with van der Waals surface area (Å²) >= 11 is 0. The van der Waals surface area contributed by atoms with Crippen LogP contribution in [0.2, 0.25) is 0 Å². The number of methoxy groups -OCH3 is 1. The third-order valence-electron chi connectivity index (χ3n) is 5.10. The molecule has 0 fully saturated rings. The minimum absolute atomic E-state index is 0.0431. The SMILES string of the molecule is COC(=O)C(C)(C)NC(=O)C1=C(C)C2NC3=C(C=CCC=C3)C(=O)C2C=C1. The van der Waals surface area contributed by atoms with Crippen molar-refractivity contribution in [2.45, 2.75) is 38.8 Å². The Morgan fingerprint density at radius 1 is 1.22 bits per heavy atom. The van der Waals surface area contributed by atoms with Crippen LogP contribution in [-0.2, 0) is 19.1 Å². The smallest absolute Gasteiger partial charge is 0.330 e. The first-order valence-electron chi connectivity index (χ1n) is 8.94. The Labute approximate surface area is 158 Å². The number of hydrogen-bond acceptors (Lipinski definition) is 5. The van der Waals surface area contributed by atoms with Crippen LogP contribution in [0, 0.1) is 5.92 Å². The minimum Gasteiger partial charge on any atom is -0.467 e. The number of fused-ring (bicyclic) bond motifs is 1. The number of carbonyl (C=O) groups excluding carboxylic acids is 3. The van der Waals surface area contributed by atoms with Gasteiger partial charge in [0.15, 0.2) is 5.78 Å². The molecule has 27 heavy (non-hydrogen) atoms. The highest BCUT2D eigenvalue weighted by Crippen LogP contribution is 2.33. The zero-order valence-corrected chi connectivity index (χ0v) is 16.0. The molecule has 3 aliphatic rings. The fourth-order valence-corrected chi connectivity index (χ4v) is 3.55. The molecule has 2 unspecified atom stereocenters. The van der Waals surface area contributed by atoms with Crippen LogP contribution in [0.15, 0.2) is 58.9 Å². The van der Waals surface area contributed by atoms with E-state index in [0.29, 0.717) is 11.1 Å². The number of ether oxygens (including phenoxy) is 1. The second-order valence-corrected chi connectivity index (χ2v) is 7.41. The molecule has 142 valence electrons. The third kappa shape index (κ3) is 3.39. The molecule has 0 radical (unpaired) electrons. The standard InChI is InChI=1S/C21H24N2O4/c1-12-13(19(25)23-21(2,3)20(26)27-4)10-11-15-17(12)22-16-9-7-5-6-8-14(16)18(15)24/h6-11,15,17,22H,5H2,1-4H3,(H,23,25). The Morgan fingerprint density at radius 3 is 2.63 bits per heavy atom. The Balaban J connectivity index is 1.89. The van der Waals surface area contributed by atoms with Crippen LogP contribution in [0.4, 0.5) is 0 Å². The van der Waals surface area contributed by atoms with Crippen LogP contribution < -0.4 is 10.6 Å². The Hall–Kier alpha value is -2.89. The molecular formula is C21H24N2O4. The van der Waals surface area contributed by atoms with E-state index in [0.717, 1.165) is 17.7 Å². The highest BCUT2D eigenvalue weighted by Gasteiger charge is 2.39. The second kappa shape index (κ2) is 7.02. The van der Waals surface area contributed by atoms with Gasteiger partial charge >= 0.3 is 5.97 Å². The molecule has 6 heteroatoms. The Bertz CT molecular complexity index is 855. The van der Waals surface area contributed by atoms with E-state index in [1.165, 1.54) is 7.11 Å². The predicted octanol–water partition coefficient (Wildman–Crippen LogP) is 1.87. The molecule has 2 atom stereocenters. The van der Waals surface area contributed by atoms with Gasteiger partial charge in [0.1, 0.15) is 5.54 Å². The van der Waals surface area contributed by atoms with Crippen LogP contribution in [0.3, 0.4) is 0 Å². The lowest BCUT2D eigenvalue weighted by atomic mass is 9.77. The molecule has 0 spiro atoms. The predicted molar refractivity (Wildman–Crippen MR) is 101 cm³/mol. The van der Waals surface area contributed by atoms with E-state index in [9.17, 15) is 14.4 Å². The first-order chi connectivity index (χ1) is 12.8. The van der Waals surface area contributed by atoms with Gasteiger partial charge in [-0.1, -0.05) is 30.4 Å². The van der Waals surface area contributed by atoms with Crippen molar-refractivity contribution in [1.82, 2.24) is 10.6 Å². The average Bonchev–Trinajstić information content (AvgIpc) is 2.87. The lowest BCUT2D eigenvalue weighted by Gasteiger charge is -2.36. The van der Waals surface area contributed by atoms with Gasteiger partial charge in [-0.2, -0.15) is 0 Å². The Kier molecular flexibility index (Phi) is 4.91. The van der Waals surface area contributed by atoms with Gasteiger partial charge in [0.05, 0.1) is 19.1 Å². The van der Waals surface area contributed by atoms with Crippen LogP contribution in [-0.4, -0.2) is 36.4 Å². The van der Waals surface area contributed by atoms with E-state index in [2.05, 4.69) is 10.6 Å². The van der Waals surface area contributed by atoms with Gasteiger partial charge in [-0.25, -0.2) is 4.79 Å². The summed E-state index contributed by atoms with van der Waals surface area (Å²) in [5.74, 6) is -1.21. The van der Waals surface area contributed by atoms with Crippen LogP contribution in [0.1, 0.15) is 27.2 Å². The van der Waals surface area contributed by atoms with E-state index in [1.807, 2.05) is 31.2 Å². The number of Topliss-reactive ketones (excluding diaryl/α,β-unsaturated/α-hetero) is 1. The third-order valence-corrected chi connectivity index (χ3v) is 5.10. The van der Waals surface area contributed by atoms with E-state index >= 15 is 0 Å². The molecule has 1 amide bonds. The molecule has 0 bridgehead atoms. The van der Waals surface area contributed by atoms with E-state index in [-0.39, 0.29) is 23.7 Å². The quantitative estimate of drug-likeness (QED) is 0.743. The second-order valence-electron chi connectivity index (χ2n) is 7.41. The lowest BCUT2D eigenvalue weighted by Crippen LogP contribution is -2.52. The Morgan fingerprint density at radius 2 is 1.93 bits per heavy atom. The van der Waals surface area contributed by atoms with Crippen LogP contribution in [0.5, 0.6) is 0 Å². The maximum absolute atomic E-state index is 12.9. The molecule has 3 rings (SSSR count). The number of allylic oxidation sites excluding steroid dienone is 5. The number of esters is 1. The summed E-state index contributed by atoms with van der Waals surface area (Å²) in [6.45, 7) is 5.01. The first kappa shape index (κ1) is 18.9. The van der Waals surface area contributed by atoms with Gasteiger partial charge in [-0.15, -0.1) is 0 Å². The maximum atomic E-state index is 12.9. The number of hydrogen-bond donors (Lipinski definition) is 2. The molecule has 2 aliphatic carbocycles. The van der Waals surface area contributed by atoms with Gasteiger partial charge in [0, 0.05) is 16.8 Å². The monoisotopic (exact) mass is 368 g/mol. The zero-order chi connectivity index (χ0) is 19.8. The van der Waals surface area contributed by atoms with Crippen molar-refractivity contribution in [1.29, 1.82) is 0 Å². The molecule has 0 saturated carbocycles. The topological polar surface area (TPSA) is 84.5 Å². The maximum Gasteiger partial charge on any atom is 0.330 e. The number of rotatable bonds is 3. The molecule has 0 aromatic carbocycles. The van der Waals surface area contributed by atoms with E-state index in [4.69, 9.17) is 4.74 Å². The van der Waals surface area contributed by atoms with Gasteiger partial charge in [0.25, 0.3) is 5.91 Å². The number of nitrogens with one attached hydrogen (secondary N) is 2. The molecule has 0 saturated heterocycles. The van der Waals surface area contributed by atoms with Crippen LogP contribution in [0.25, 0.3) is 0 Å². The number of ketones is 1.